The molecule has 0 N–H and O–H groups in total. The lowest BCUT2D eigenvalue weighted by Crippen LogP contribution is -2.25. The zero-order chi connectivity index (χ0) is 8.69. The molecule has 0 bridgehead atoms. The average molecular weight is 156 g/mol. The van der Waals surface area contributed by atoms with Crippen LogP contribution >= 0.6 is 0 Å². The van der Waals surface area contributed by atoms with Crippen LogP contribution in [0.5, 0.6) is 0 Å². The maximum absolute atomic E-state index is 4.29. The van der Waals surface area contributed by atoms with E-state index in [0.717, 1.165) is 6.42 Å². The van der Waals surface area contributed by atoms with Crippen molar-refractivity contribution < 1.29 is 0 Å². The summed E-state index contributed by atoms with van der Waals surface area (Å²) in [5.41, 5.74) is 0. The van der Waals surface area contributed by atoms with Gasteiger partial charge in [0, 0.05) is 19.3 Å². The van der Waals surface area contributed by atoms with Crippen LogP contribution < -0.4 is 0 Å². The fourth-order valence-corrected chi connectivity index (χ4v) is 1.12. The molecule has 0 saturated heterocycles. The van der Waals surface area contributed by atoms with E-state index >= 15 is 0 Å². The number of hydrazone groups is 1. The Kier molecular flexibility index (Phi) is 5.90. The van der Waals surface area contributed by atoms with Crippen LogP contribution in [-0.2, 0) is 0 Å². The molecule has 0 aliphatic heterocycles. The normalized spacial score (nSPS) is 11.4. The number of hydrogen-bond acceptors (Lipinski definition) is 2. The van der Waals surface area contributed by atoms with E-state index in [1.54, 1.807) is 0 Å². The van der Waals surface area contributed by atoms with Gasteiger partial charge < -0.3 is 0 Å². The summed E-state index contributed by atoms with van der Waals surface area (Å²) in [5.74, 6) is 0. The minimum atomic E-state index is 0.609. The second-order valence-electron chi connectivity index (χ2n) is 2.75. The van der Waals surface area contributed by atoms with E-state index < -0.39 is 0 Å². The van der Waals surface area contributed by atoms with Gasteiger partial charge in [-0.25, -0.2) is 0 Å². The van der Waals surface area contributed by atoms with Crippen LogP contribution in [0.15, 0.2) is 5.10 Å². The Bertz CT molecular complexity index is 106. The molecule has 0 heterocycles. The van der Waals surface area contributed by atoms with Crippen LogP contribution in [0.3, 0.4) is 0 Å². The Morgan fingerprint density at radius 1 is 1.27 bits per heavy atom. The highest BCUT2D eigenvalue weighted by molar-refractivity contribution is 5.56. The zero-order valence-corrected chi connectivity index (χ0v) is 8.17. The van der Waals surface area contributed by atoms with Crippen molar-refractivity contribution in [2.24, 2.45) is 5.10 Å². The van der Waals surface area contributed by atoms with Gasteiger partial charge in [0.1, 0.15) is 0 Å². The van der Waals surface area contributed by atoms with Crippen LogP contribution in [0.2, 0.25) is 0 Å². The summed E-state index contributed by atoms with van der Waals surface area (Å²) < 4.78 is 0. The molecule has 0 aromatic rings. The highest BCUT2D eigenvalue weighted by Crippen LogP contribution is 2.05. The van der Waals surface area contributed by atoms with Gasteiger partial charge in [0.05, 0.1) is 0 Å². The van der Waals surface area contributed by atoms with Gasteiger partial charge in [-0.2, -0.15) is 5.10 Å². The molecule has 66 valence electrons. The predicted molar refractivity (Wildman–Crippen MR) is 50.9 cm³/mol. The summed E-state index contributed by atoms with van der Waals surface area (Å²) in [5, 5.41) is 6.35. The number of rotatable bonds is 5. The molecule has 0 fully saturated rings. The van der Waals surface area contributed by atoms with Crippen molar-refractivity contribution >= 4 is 6.21 Å². The van der Waals surface area contributed by atoms with Crippen LogP contribution in [-0.4, -0.2) is 24.3 Å². The molecule has 0 aromatic carbocycles. The molecule has 0 spiro atoms. The third kappa shape index (κ3) is 4.02. The van der Waals surface area contributed by atoms with Gasteiger partial charge in [-0.15, -0.1) is 0 Å². The van der Waals surface area contributed by atoms with Crippen molar-refractivity contribution in [1.29, 1.82) is 0 Å². The first-order valence-corrected chi connectivity index (χ1v) is 4.51. The van der Waals surface area contributed by atoms with Gasteiger partial charge in [0.15, 0.2) is 0 Å². The lowest BCUT2D eigenvalue weighted by molar-refractivity contribution is 0.241. The predicted octanol–water partition coefficient (Wildman–Crippen LogP) is 2.50. The topological polar surface area (TPSA) is 15.6 Å². The first-order chi connectivity index (χ1) is 5.26. The van der Waals surface area contributed by atoms with Crippen LogP contribution in [0.1, 0.15) is 40.0 Å². The summed E-state index contributed by atoms with van der Waals surface area (Å²) in [6.45, 7) is 6.50. The third-order valence-electron chi connectivity index (χ3n) is 1.92. The molecule has 0 rings (SSSR count). The van der Waals surface area contributed by atoms with Crippen LogP contribution in [0, 0.1) is 0 Å². The summed E-state index contributed by atoms with van der Waals surface area (Å²) in [6.07, 6.45) is 5.32. The monoisotopic (exact) mass is 156 g/mol. The first-order valence-electron chi connectivity index (χ1n) is 4.51. The van der Waals surface area contributed by atoms with Gasteiger partial charge >= 0.3 is 0 Å². The highest BCUT2D eigenvalue weighted by Gasteiger charge is 2.05. The molecule has 0 atom stereocenters. The van der Waals surface area contributed by atoms with Gasteiger partial charge in [0.2, 0.25) is 0 Å². The van der Waals surface area contributed by atoms with Crippen molar-refractivity contribution in [2.75, 3.05) is 7.05 Å². The number of nitrogens with zero attached hydrogens (tertiary/aromatic N) is 2. The van der Waals surface area contributed by atoms with Crippen molar-refractivity contribution in [2.45, 2.75) is 46.1 Å². The maximum Gasteiger partial charge on any atom is 0.0462 e. The van der Waals surface area contributed by atoms with Gasteiger partial charge in [-0.3, -0.25) is 5.01 Å². The second kappa shape index (κ2) is 6.20. The maximum atomic E-state index is 4.29. The molecule has 0 saturated carbocycles. The Hall–Kier alpha value is -0.530. The summed E-state index contributed by atoms with van der Waals surface area (Å²) in [4.78, 5) is 0. The van der Waals surface area contributed by atoms with E-state index in [1.807, 2.05) is 13.3 Å². The zero-order valence-electron chi connectivity index (χ0n) is 8.17. The standard InChI is InChI=1S/C9H20N2/c1-5-8-10-11(4)9(6-2)7-3/h8-9H,5-7H2,1-4H3/b10-8-. The highest BCUT2D eigenvalue weighted by atomic mass is 15.4. The van der Waals surface area contributed by atoms with E-state index in [4.69, 9.17) is 0 Å². The molecular formula is C9H20N2. The van der Waals surface area contributed by atoms with Gasteiger partial charge in [0.25, 0.3) is 0 Å². The fourth-order valence-electron chi connectivity index (χ4n) is 1.12. The number of hydrogen-bond donors (Lipinski definition) is 0. The van der Waals surface area contributed by atoms with E-state index in [-0.39, 0.29) is 0 Å². The third-order valence-corrected chi connectivity index (χ3v) is 1.92. The summed E-state index contributed by atoms with van der Waals surface area (Å²) in [6, 6.07) is 0.609. The molecule has 0 radical (unpaired) electrons. The molecule has 0 unspecified atom stereocenters. The van der Waals surface area contributed by atoms with E-state index in [1.165, 1.54) is 12.8 Å². The Labute approximate surface area is 70.3 Å². The summed E-state index contributed by atoms with van der Waals surface area (Å²) >= 11 is 0. The molecule has 0 amide bonds. The smallest absolute Gasteiger partial charge is 0.0462 e. The first kappa shape index (κ1) is 10.5. The molecule has 0 aliphatic rings. The largest absolute Gasteiger partial charge is 0.297 e. The molecule has 2 nitrogen and oxygen atoms in total. The fraction of sp³-hybridized carbons (Fsp3) is 0.889. The lowest BCUT2D eigenvalue weighted by atomic mass is 10.2. The second-order valence-corrected chi connectivity index (χ2v) is 2.75. The van der Waals surface area contributed by atoms with E-state index in [0.29, 0.717) is 6.04 Å². The molecule has 11 heavy (non-hydrogen) atoms. The minimum Gasteiger partial charge on any atom is -0.297 e. The molecular weight excluding hydrogens is 136 g/mol. The van der Waals surface area contributed by atoms with Crippen molar-refractivity contribution in [3.05, 3.63) is 0 Å². The average Bonchev–Trinajstić information content (AvgIpc) is 2.03. The van der Waals surface area contributed by atoms with Crippen molar-refractivity contribution in [3.63, 3.8) is 0 Å². The van der Waals surface area contributed by atoms with Gasteiger partial charge in [-0.1, -0.05) is 20.8 Å². The van der Waals surface area contributed by atoms with E-state index in [9.17, 15) is 0 Å². The molecule has 0 aliphatic carbocycles. The van der Waals surface area contributed by atoms with Crippen LogP contribution in [0.4, 0.5) is 0 Å². The van der Waals surface area contributed by atoms with Crippen molar-refractivity contribution in [3.8, 4) is 0 Å². The van der Waals surface area contributed by atoms with Crippen molar-refractivity contribution in [1.82, 2.24) is 5.01 Å². The Balaban J connectivity index is 3.77. The minimum absolute atomic E-state index is 0.609. The SMILES string of the molecule is CC/C=N\N(C)C(CC)CC. The van der Waals surface area contributed by atoms with Crippen LogP contribution in [0.25, 0.3) is 0 Å². The van der Waals surface area contributed by atoms with E-state index in [2.05, 4.69) is 30.9 Å². The molecule has 0 aromatic heterocycles. The van der Waals surface area contributed by atoms with Gasteiger partial charge in [-0.05, 0) is 19.3 Å². The summed E-state index contributed by atoms with van der Waals surface area (Å²) in [7, 11) is 2.05. The Morgan fingerprint density at radius 3 is 2.18 bits per heavy atom. The quantitative estimate of drug-likeness (QED) is 0.441. The molecule has 2 heteroatoms. The lowest BCUT2D eigenvalue weighted by Gasteiger charge is -2.22. The Morgan fingerprint density at radius 2 is 1.82 bits per heavy atom.